The number of aryl methyl sites for hydroxylation is 2. The van der Waals surface area contributed by atoms with Crippen LogP contribution in [0.4, 0.5) is 32.2 Å². The number of amides is 1. The Hall–Kier alpha value is -4.74. The predicted octanol–water partition coefficient (Wildman–Crippen LogP) is 3.40. The van der Waals surface area contributed by atoms with Crippen molar-refractivity contribution in [3.05, 3.63) is 47.5 Å². The molecule has 0 bridgehead atoms. The number of fused-ring (bicyclic) bond motifs is 2. The number of ether oxygens (including phenoxy) is 1. The van der Waals surface area contributed by atoms with E-state index in [0.717, 1.165) is 32.0 Å². The molecule has 248 valence electrons. The van der Waals surface area contributed by atoms with Gasteiger partial charge in [0.05, 0.1) is 13.1 Å². The number of aromatic amines is 1. The van der Waals surface area contributed by atoms with E-state index in [4.69, 9.17) is 5.73 Å². The minimum absolute atomic E-state index is 0.119. The summed E-state index contributed by atoms with van der Waals surface area (Å²) in [6, 6.07) is 8.63. The Morgan fingerprint density at radius 3 is 2.28 bits per heavy atom. The maximum absolute atomic E-state index is 13.0. The number of esters is 2. The van der Waals surface area contributed by atoms with Gasteiger partial charge >= 0.3 is 24.3 Å². The highest BCUT2D eigenvalue weighted by Crippen LogP contribution is 2.28. The number of hydrogen-bond acceptors (Lipinski definition) is 8. The summed E-state index contributed by atoms with van der Waals surface area (Å²) in [4.78, 5) is 43.9. The van der Waals surface area contributed by atoms with Gasteiger partial charge < -0.3 is 26.1 Å². The standard InChI is InChI=1S/C24H30N8O.C4F6O3/c1-3-31-18-6-5-16(15-7-10-26-11-8-15)13-19(18)32(4-2)20(31)14-28-24(33)21-22(25)30-23-17(29-21)9-12-27-23;5-3(6,7)1(11)13-2(12)4(8,9)10/h5-6,9,12-13,15,26H,3-4,7-8,10-11,14H2,1-2H3,(H3-,25,27,28,29,30,33);/p+1. The number of nitrogen functional groups attached to an aromatic ring is 1. The fourth-order valence-corrected chi connectivity index (χ4v) is 5.21. The number of aromatic nitrogens is 5. The molecule has 0 radical (unpaired) electrons. The van der Waals surface area contributed by atoms with Crippen LogP contribution in [0, 0.1) is 0 Å². The monoisotopic (exact) mass is 657 g/mol. The number of nitrogens with zero attached hydrogens (tertiary/aromatic N) is 4. The van der Waals surface area contributed by atoms with Crippen LogP contribution in [0.25, 0.3) is 22.2 Å². The number of piperidine rings is 1. The van der Waals surface area contributed by atoms with Crippen molar-refractivity contribution in [1.29, 1.82) is 0 Å². The number of nitrogens with two attached hydrogens (primary N) is 1. The summed E-state index contributed by atoms with van der Waals surface area (Å²) in [5.74, 6) is -4.95. The van der Waals surface area contributed by atoms with Gasteiger partial charge in [-0.2, -0.15) is 26.3 Å². The Morgan fingerprint density at radius 1 is 1.04 bits per heavy atom. The zero-order chi connectivity index (χ0) is 33.8. The van der Waals surface area contributed by atoms with Crippen LogP contribution in [0.15, 0.2) is 30.5 Å². The van der Waals surface area contributed by atoms with Gasteiger partial charge in [-0.3, -0.25) is 4.79 Å². The highest BCUT2D eigenvalue weighted by molar-refractivity contribution is 5.98. The summed E-state index contributed by atoms with van der Waals surface area (Å²) >= 11 is 0. The zero-order valence-electron chi connectivity index (χ0n) is 24.7. The number of halogens is 6. The van der Waals surface area contributed by atoms with Crippen molar-refractivity contribution in [2.45, 2.75) is 64.6 Å². The van der Waals surface area contributed by atoms with E-state index in [1.807, 2.05) is 0 Å². The number of nitrogens with one attached hydrogen (secondary N) is 3. The lowest BCUT2D eigenvalue weighted by atomic mass is 9.90. The minimum Gasteiger partial charge on any atom is -0.382 e. The lowest BCUT2D eigenvalue weighted by Gasteiger charge is -2.22. The molecule has 1 fully saturated rings. The molecule has 0 atom stereocenters. The van der Waals surface area contributed by atoms with E-state index in [2.05, 4.69) is 71.5 Å². The molecule has 3 aromatic heterocycles. The first kappa shape index (κ1) is 34.1. The van der Waals surface area contributed by atoms with Gasteiger partial charge in [-0.15, -0.1) is 0 Å². The Balaban J connectivity index is 0.000000315. The van der Waals surface area contributed by atoms with Crippen molar-refractivity contribution in [1.82, 2.24) is 30.2 Å². The molecule has 4 heterocycles. The first-order chi connectivity index (χ1) is 21.6. The van der Waals surface area contributed by atoms with Crippen LogP contribution in [-0.4, -0.2) is 62.8 Å². The molecule has 1 saturated heterocycles. The van der Waals surface area contributed by atoms with Gasteiger partial charge in [-0.1, -0.05) is 6.07 Å². The van der Waals surface area contributed by atoms with Crippen LogP contribution in [-0.2, 0) is 34.0 Å². The van der Waals surface area contributed by atoms with E-state index in [0.29, 0.717) is 23.6 Å². The van der Waals surface area contributed by atoms with Gasteiger partial charge in [0, 0.05) is 6.20 Å². The number of carbonyl (C=O) groups excluding carboxylic acids is 3. The fraction of sp³-hybridized carbons (Fsp3) is 0.429. The third kappa shape index (κ3) is 7.55. The van der Waals surface area contributed by atoms with E-state index in [1.165, 1.54) is 29.4 Å². The van der Waals surface area contributed by atoms with E-state index in [9.17, 15) is 40.7 Å². The van der Waals surface area contributed by atoms with Gasteiger partial charge in [0.15, 0.2) is 28.2 Å². The smallest absolute Gasteiger partial charge is 0.382 e. The number of carbonyl (C=O) groups is 3. The molecule has 5 N–H and O–H groups in total. The summed E-state index contributed by atoms with van der Waals surface area (Å²) < 4.78 is 74.2. The molecule has 4 aromatic rings. The summed E-state index contributed by atoms with van der Waals surface area (Å²) in [5, 5.41) is 6.47. The van der Waals surface area contributed by atoms with Crippen molar-refractivity contribution >= 4 is 45.9 Å². The number of alkyl halides is 6. The van der Waals surface area contributed by atoms with Crippen molar-refractivity contribution in [3.63, 3.8) is 0 Å². The van der Waals surface area contributed by atoms with Crippen LogP contribution in [0.1, 0.15) is 54.5 Å². The van der Waals surface area contributed by atoms with Crippen molar-refractivity contribution in [3.8, 4) is 0 Å². The van der Waals surface area contributed by atoms with Gasteiger partial charge in [0.25, 0.3) is 11.7 Å². The average molecular weight is 658 g/mol. The molecule has 0 spiro atoms. The van der Waals surface area contributed by atoms with Crippen molar-refractivity contribution in [2.75, 3.05) is 18.8 Å². The van der Waals surface area contributed by atoms with Crippen LogP contribution in [0.5, 0.6) is 0 Å². The highest BCUT2D eigenvalue weighted by atomic mass is 19.4. The van der Waals surface area contributed by atoms with Crippen molar-refractivity contribution in [2.24, 2.45) is 0 Å². The highest BCUT2D eigenvalue weighted by Gasteiger charge is 2.49. The number of H-pyrrole nitrogens is 1. The third-order valence-corrected chi connectivity index (χ3v) is 7.33. The zero-order valence-corrected chi connectivity index (χ0v) is 24.7. The van der Waals surface area contributed by atoms with Crippen LogP contribution < -0.4 is 20.9 Å². The lowest BCUT2D eigenvalue weighted by Crippen LogP contribution is -2.40. The molecule has 5 rings (SSSR count). The molecule has 1 aliphatic rings. The maximum Gasteiger partial charge on any atom is 0.491 e. The van der Waals surface area contributed by atoms with E-state index >= 15 is 0 Å². The second kappa shape index (κ2) is 13.7. The molecule has 0 unspecified atom stereocenters. The SMILES string of the molecule is CCn1c(CNC(=O)c2nc3cc[nH]c3nc2N)[n+](CC)c2ccc(C3CCNCC3)cc21.O=C(OC(=O)C(F)(F)F)C(F)(F)F. The molecule has 12 nitrogen and oxygen atoms in total. The van der Waals surface area contributed by atoms with Crippen LogP contribution >= 0.6 is 0 Å². The molecule has 0 saturated carbocycles. The van der Waals surface area contributed by atoms with Gasteiger partial charge in [0.2, 0.25) is 0 Å². The Morgan fingerprint density at radius 2 is 1.70 bits per heavy atom. The molecule has 0 aliphatic carbocycles. The Kier molecular flexibility index (Phi) is 10.2. The molecule has 1 amide bonds. The number of anilines is 1. The lowest BCUT2D eigenvalue weighted by molar-refractivity contribution is -0.676. The fourth-order valence-electron chi connectivity index (χ4n) is 5.21. The summed E-state index contributed by atoms with van der Waals surface area (Å²) in [6.45, 7) is 8.44. The Labute approximate surface area is 257 Å². The molecule has 46 heavy (non-hydrogen) atoms. The quantitative estimate of drug-likeness (QED) is 0.106. The number of hydrogen-bond donors (Lipinski definition) is 4. The van der Waals surface area contributed by atoms with E-state index < -0.39 is 24.3 Å². The first-order valence-electron chi connectivity index (χ1n) is 14.2. The maximum atomic E-state index is 13.0. The van der Waals surface area contributed by atoms with Gasteiger partial charge in [-0.05, 0) is 69.5 Å². The number of benzene rings is 1. The van der Waals surface area contributed by atoms with Gasteiger partial charge in [-0.25, -0.2) is 28.7 Å². The number of rotatable bonds is 6. The second-order valence-corrected chi connectivity index (χ2v) is 10.2. The largest absolute Gasteiger partial charge is 0.491 e. The van der Waals surface area contributed by atoms with Gasteiger partial charge in [0.1, 0.15) is 12.1 Å². The van der Waals surface area contributed by atoms with E-state index in [-0.39, 0.29) is 17.4 Å². The molecular formula is C28H31F6N8O4+. The molecule has 18 heteroatoms. The number of imidazole rings is 1. The molecule has 1 aliphatic heterocycles. The first-order valence-corrected chi connectivity index (χ1v) is 14.2. The topological polar surface area (TPSA) is 161 Å². The molecule has 1 aromatic carbocycles. The van der Waals surface area contributed by atoms with Crippen molar-refractivity contribution < 1.29 is 50.0 Å². The average Bonchev–Trinajstić information content (AvgIpc) is 3.59. The van der Waals surface area contributed by atoms with E-state index in [1.54, 1.807) is 12.3 Å². The summed E-state index contributed by atoms with van der Waals surface area (Å²) in [7, 11) is 0. The minimum atomic E-state index is -5.62. The third-order valence-electron chi connectivity index (χ3n) is 7.33. The van der Waals surface area contributed by atoms with Crippen LogP contribution in [0.2, 0.25) is 0 Å². The van der Waals surface area contributed by atoms with Crippen LogP contribution in [0.3, 0.4) is 0 Å². The predicted molar refractivity (Wildman–Crippen MR) is 151 cm³/mol. The summed E-state index contributed by atoms with van der Waals surface area (Å²) in [5.41, 5.74) is 11.2. The Bertz CT molecular complexity index is 1720. The summed E-state index contributed by atoms with van der Waals surface area (Å²) in [6.07, 6.45) is -7.18. The normalized spacial score (nSPS) is 14.2. The molecular weight excluding hydrogens is 626 g/mol. The second-order valence-electron chi connectivity index (χ2n) is 10.2.